The highest BCUT2D eigenvalue weighted by Crippen LogP contribution is 2.19. The number of aryl methyl sites for hydroxylation is 1. The van der Waals surface area contributed by atoms with Crippen LogP contribution in [0.25, 0.3) is 11.0 Å². The first-order valence-electron chi connectivity index (χ1n) is 7.79. The fraction of sp³-hybridized carbons (Fsp3) is 0.222. The lowest BCUT2D eigenvalue weighted by Crippen LogP contribution is -2.26. The van der Waals surface area contributed by atoms with Gasteiger partial charge in [-0.3, -0.25) is 4.79 Å². The van der Waals surface area contributed by atoms with Crippen LogP contribution in [0.5, 0.6) is 0 Å². The Morgan fingerprint density at radius 2 is 1.96 bits per heavy atom. The molecule has 2 N–H and O–H groups in total. The van der Waals surface area contributed by atoms with Crippen LogP contribution < -0.4 is 5.32 Å². The second-order valence-electron chi connectivity index (χ2n) is 5.35. The molecule has 124 valence electrons. The van der Waals surface area contributed by atoms with Gasteiger partial charge >= 0.3 is 0 Å². The van der Waals surface area contributed by atoms with Crippen LogP contribution in [0.3, 0.4) is 0 Å². The van der Waals surface area contributed by atoms with Crippen molar-refractivity contribution in [1.29, 1.82) is 0 Å². The summed E-state index contributed by atoms with van der Waals surface area (Å²) < 4.78 is 0. The molecule has 0 saturated carbocycles. The number of rotatable bonds is 7. The third kappa shape index (κ3) is 4.76. The van der Waals surface area contributed by atoms with Crippen molar-refractivity contribution in [1.82, 2.24) is 15.3 Å². The van der Waals surface area contributed by atoms with E-state index in [0.717, 1.165) is 32.5 Å². The molecule has 0 aliphatic heterocycles. The molecule has 3 rings (SSSR count). The molecule has 0 radical (unpaired) electrons. The molecule has 1 amide bonds. The smallest absolute Gasteiger partial charge is 0.220 e. The number of halogens is 1. The van der Waals surface area contributed by atoms with Gasteiger partial charge in [-0.1, -0.05) is 23.7 Å². The van der Waals surface area contributed by atoms with E-state index in [1.165, 1.54) is 0 Å². The van der Waals surface area contributed by atoms with E-state index in [1.54, 1.807) is 11.8 Å². The highest BCUT2D eigenvalue weighted by atomic mass is 35.5. The van der Waals surface area contributed by atoms with E-state index in [-0.39, 0.29) is 5.91 Å². The summed E-state index contributed by atoms with van der Waals surface area (Å²) in [5.74, 6) is 1.73. The number of amides is 1. The predicted octanol–water partition coefficient (Wildman–Crippen LogP) is 4.06. The van der Waals surface area contributed by atoms with Crippen molar-refractivity contribution in [3.8, 4) is 0 Å². The number of thioether (sulfide) groups is 1. The van der Waals surface area contributed by atoms with Gasteiger partial charge in [-0.15, -0.1) is 11.8 Å². The zero-order chi connectivity index (χ0) is 16.8. The van der Waals surface area contributed by atoms with Gasteiger partial charge in [0.25, 0.3) is 0 Å². The van der Waals surface area contributed by atoms with Crippen LogP contribution in [0.15, 0.2) is 53.4 Å². The molecule has 1 aromatic heterocycles. The standard InChI is InChI=1S/C18H18ClN3OS/c19-13-5-7-14(8-6-13)24-12-11-20-18(23)10-9-17-21-15-3-1-2-4-16(15)22-17/h1-8H,9-12H2,(H,20,23)(H,21,22). The lowest BCUT2D eigenvalue weighted by atomic mass is 10.3. The third-order valence-corrected chi connectivity index (χ3v) is 4.80. The summed E-state index contributed by atoms with van der Waals surface area (Å²) in [6.45, 7) is 0.645. The Morgan fingerprint density at radius 1 is 1.17 bits per heavy atom. The van der Waals surface area contributed by atoms with E-state index in [9.17, 15) is 4.79 Å². The highest BCUT2D eigenvalue weighted by molar-refractivity contribution is 7.99. The van der Waals surface area contributed by atoms with Crippen LogP contribution in [-0.4, -0.2) is 28.2 Å². The molecule has 0 bridgehead atoms. The van der Waals surface area contributed by atoms with Gasteiger partial charge in [0.1, 0.15) is 5.82 Å². The number of carbonyl (C=O) groups is 1. The van der Waals surface area contributed by atoms with Crippen molar-refractivity contribution < 1.29 is 4.79 Å². The van der Waals surface area contributed by atoms with E-state index in [1.807, 2.05) is 48.5 Å². The lowest BCUT2D eigenvalue weighted by molar-refractivity contribution is -0.120. The first kappa shape index (κ1) is 16.9. The maximum absolute atomic E-state index is 11.9. The van der Waals surface area contributed by atoms with E-state index in [0.29, 0.717) is 19.4 Å². The largest absolute Gasteiger partial charge is 0.355 e. The first-order valence-corrected chi connectivity index (χ1v) is 9.16. The molecule has 6 heteroatoms. The highest BCUT2D eigenvalue weighted by Gasteiger charge is 2.06. The number of fused-ring (bicyclic) bond motifs is 1. The maximum atomic E-state index is 11.9. The number of benzene rings is 2. The van der Waals surface area contributed by atoms with E-state index < -0.39 is 0 Å². The van der Waals surface area contributed by atoms with Crippen LogP contribution >= 0.6 is 23.4 Å². The Hall–Kier alpha value is -1.98. The summed E-state index contributed by atoms with van der Waals surface area (Å²) in [5, 5.41) is 3.68. The SMILES string of the molecule is O=C(CCc1nc2ccccc2[nH]1)NCCSc1ccc(Cl)cc1. The average Bonchev–Trinajstić information content (AvgIpc) is 3.01. The summed E-state index contributed by atoms with van der Waals surface area (Å²) in [5.41, 5.74) is 1.94. The zero-order valence-corrected chi connectivity index (χ0v) is 14.7. The van der Waals surface area contributed by atoms with Gasteiger partial charge in [-0.25, -0.2) is 4.98 Å². The summed E-state index contributed by atoms with van der Waals surface area (Å²) in [4.78, 5) is 20.8. The van der Waals surface area contributed by atoms with Crippen molar-refractivity contribution >= 4 is 40.3 Å². The molecular weight excluding hydrogens is 342 g/mol. The van der Waals surface area contributed by atoms with Crippen LogP contribution in [0.4, 0.5) is 0 Å². The van der Waals surface area contributed by atoms with E-state index in [4.69, 9.17) is 11.6 Å². The number of para-hydroxylation sites is 2. The van der Waals surface area contributed by atoms with Crippen LogP contribution in [-0.2, 0) is 11.2 Å². The molecule has 24 heavy (non-hydrogen) atoms. The average molecular weight is 360 g/mol. The number of hydrogen-bond acceptors (Lipinski definition) is 3. The van der Waals surface area contributed by atoms with Gasteiger partial charge in [0.05, 0.1) is 11.0 Å². The minimum atomic E-state index is 0.0483. The summed E-state index contributed by atoms with van der Waals surface area (Å²) >= 11 is 7.55. The van der Waals surface area contributed by atoms with Gasteiger partial charge in [0.2, 0.25) is 5.91 Å². The molecule has 0 aliphatic carbocycles. The first-order chi connectivity index (χ1) is 11.7. The number of carbonyl (C=O) groups excluding carboxylic acids is 1. The topological polar surface area (TPSA) is 57.8 Å². The van der Waals surface area contributed by atoms with Gasteiger partial charge in [0, 0.05) is 35.1 Å². The number of hydrogen-bond donors (Lipinski definition) is 2. The molecule has 1 heterocycles. The molecule has 4 nitrogen and oxygen atoms in total. The Kier molecular flexibility index (Phi) is 5.77. The molecule has 0 atom stereocenters. The van der Waals surface area contributed by atoms with Crippen LogP contribution in [0.1, 0.15) is 12.2 Å². The molecular formula is C18H18ClN3OS. The van der Waals surface area contributed by atoms with Gasteiger partial charge in [0.15, 0.2) is 0 Å². The fourth-order valence-electron chi connectivity index (χ4n) is 2.33. The van der Waals surface area contributed by atoms with Gasteiger partial charge in [-0.05, 0) is 36.4 Å². The molecule has 2 aromatic carbocycles. The number of aromatic amines is 1. The number of aromatic nitrogens is 2. The molecule has 0 unspecified atom stereocenters. The van der Waals surface area contributed by atoms with E-state index in [2.05, 4.69) is 15.3 Å². The van der Waals surface area contributed by atoms with Crippen LogP contribution in [0.2, 0.25) is 5.02 Å². The molecule has 0 fully saturated rings. The number of nitrogens with one attached hydrogen (secondary N) is 2. The summed E-state index contributed by atoms with van der Waals surface area (Å²) in [7, 11) is 0. The second kappa shape index (κ2) is 8.22. The Labute approximate surface area is 150 Å². The molecule has 0 saturated heterocycles. The predicted molar refractivity (Wildman–Crippen MR) is 99.6 cm³/mol. The third-order valence-electron chi connectivity index (χ3n) is 3.53. The van der Waals surface area contributed by atoms with Crippen molar-refractivity contribution in [2.75, 3.05) is 12.3 Å². The molecule has 0 aliphatic rings. The molecule has 0 spiro atoms. The van der Waals surface area contributed by atoms with Crippen LogP contribution in [0, 0.1) is 0 Å². The maximum Gasteiger partial charge on any atom is 0.220 e. The Morgan fingerprint density at radius 3 is 2.75 bits per heavy atom. The minimum Gasteiger partial charge on any atom is -0.355 e. The Balaban J connectivity index is 1.37. The monoisotopic (exact) mass is 359 g/mol. The summed E-state index contributed by atoms with van der Waals surface area (Å²) in [6, 6.07) is 15.6. The summed E-state index contributed by atoms with van der Waals surface area (Å²) in [6.07, 6.45) is 1.05. The zero-order valence-electron chi connectivity index (χ0n) is 13.1. The second-order valence-corrected chi connectivity index (χ2v) is 6.96. The van der Waals surface area contributed by atoms with Crippen molar-refractivity contribution in [2.45, 2.75) is 17.7 Å². The van der Waals surface area contributed by atoms with Crippen molar-refractivity contribution in [3.05, 3.63) is 59.4 Å². The van der Waals surface area contributed by atoms with Crippen molar-refractivity contribution in [3.63, 3.8) is 0 Å². The molecule has 3 aromatic rings. The van der Waals surface area contributed by atoms with Gasteiger partial charge < -0.3 is 10.3 Å². The van der Waals surface area contributed by atoms with Crippen molar-refractivity contribution in [2.24, 2.45) is 0 Å². The minimum absolute atomic E-state index is 0.0483. The quantitative estimate of drug-likeness (QED) is 0.494. The Bertz CT molecular complexity index is 784. The fourth-order valence-corrected chi connectivity index (χ4v) is 3.23. The van der Waals surface area contributed by atoms with Gasteiger partial charge in [-0.2, -0.15) is 0 Å². The van der Waals surface area contributed by atoms with E-state index >= 15 is 0 Å². The number of nitrogens with zero attached hydrogens (tertiary/aromatic N) is 1. The normalized spacial score (nSPS) is 10.9. The lowest BCUT2D eigenvalue weighted by Gasteiger charge is -2.05. The number of H-pyrrole nitrogens is 1. The number of imidazole rings is 1.